The fourth-order valence-corrected chi connectivity index (χ4v) is 3.53. The number of rotatable bonds is 5. The number of amides is 1. The van der Waals surface area contributed by atoms with Crippen LogP contribution in [0.15, 0.2) is 10.6 Å². The van der Waals surface area contributed by atoms with Gasteiger partial charge >= 0.3 is 5.97 Å². The van der Waals surface area contributed by atoms with E-state index in [1.54, 1.807) is 6.92 Å². The third kappa shape index (κ3) is 3.71. The van der Waals surface area contributed by atoms with E-state index in [0.29, 0.717) is 47.7 Å². The Morgan fingerprint density at radius 3 is 2.62 bits per heavy atom. The summed E-state index contributed by atoms with van der Waals surface area (Å²) in [6.07, 6.45) is 3.01. The van der Waals surface area contributed by atoms with Crippen molar-refractivity contribution in [1.29, 1.82) is 0 Å². The maximum atomic E-state index is 12.8. The number of carboxylic acid groups (broad SMARTS) is 1. The molecule has 0 atom stereocenters. The van der Waals surface area contributed by atoms with Crippen molar-refractivity contribution < 1.29 is 19.2 Å². The Labute approximate surface area is 152 Å². The predicted molar refractivity (Wildman–Crippen MR) is 96.0 cm³/mol. The molecular weight excluding hydrogens is 334 g/mol. The van der Waals surface area contributed by atoms with Gasteiger partial charge in [0.1, 0.15) is 0 Å². The Morgan fingerprint density at radius 1 is 1.31 bits per heavy atom. The topological polar surface area (TPSA) is 105 Å². The SMILES string of the molecule is Cc1noc2nc(C(C)C)cc(C(=O)NCC3CCC(C(=O)O)CC3)c12. The number of hydrogen-bond acceptors (Lipinski definition) is 5. The smallest absolute Gasteiger partial charge is 0.306 e. The Hall–Kier alpha value is -2.44. The first-order valence-electron chi connectivity index (χ1n) is 9.14. The monoisotopic (exact) mass is 359 g/mol. The lowest BCUT2D eigenvalue weighted by Gasteiger charge is -2.26. The highest BCUT2D eigenvalue weighted by Crippen LogP contribution is 2.29. The lowest BCUT2D eigenvalue weighted by atomic mass is 9.82. The molecule has 2 heterocycles. The van der Waals surface area contributed by atoms with E-state index in [1.807, 2.05) is 19.9 Å². The Kier molecular flexibility index (Phi) is 5.25. The third-order valence-corrected chi connectivity index (χ3v) is 5.22. The predicted octanol–water partition coefficient (Wildman–Crippen LogP) is 3.28. The van der Waals surface area contributed by atoms with Crippen LogP contribution in [0.2, 0.25) is 0 Å². The Morgan fingerprint density at radius 2 is 2.00 bits per heavy atom. The molecule has 2 N–H and O–H groups in total. The molecule has 26 heavy (non-hydrogen) atoms. The van der Waals surface area contributed by atoms with Crippen molar-refractivity contribution in [2.45, 2.75) is 52.4 Å². The minimum Gasteiger partial charge on any atom is -0.481 e. The van der Waals surface area contributed by atoms with Gasteiger partial charge in [-0.05, 0) is 50.5 Å². The second-order valence-electron chi connectivity index (χ2n) is 7.46. The van der Waals surface area contributed by atoms with Crippen LogP contribution in [0, 0.1) is 18.8 Å². The molecule has 7 nitrogen and oxygen atoms in total. The fraction of sp³-hybridized carbons (Fsp3) is 0.579. The fourth-order valence-electron chi connectivity index (χ4n) is 3.53. The van der Waals surface area contributed by atoms with Gasteiger partial charge in [-0.15, -0.1) is 0 Å². The van der Waals surface area contributed by atoms with Gasteiger partial charge in [0.25, 0.3) is 11.6 Å². The molecule has 1 saturated carbocycles. The highest BCUT2D eigenvalue weighted by atomic mass is 16.5. The Bertz CT molecular complexity index is 820. The van der Waals surface area contributed by atoms with Gasteiger partial charge in [0.05, 0.1) is 22.6 Å². The first kappa shape index (κ1) is 18.4. The van der Waals surface area contributed by atoms with Crippen molar-refractivity contribution in [3.8, 4) is 0 Å². The van der Waals surface area contributed by atoms with Crippen molar-refractivity contribution >= 4 is 23.0 Å². The molecule has 0 aliphatic heterocycles. The molecule has 7 heteroatoms. The van der Waals surface area contributed by atoms with Gasteiger partial charge in [0, 0.05) is 12.2 Å². The van der Waals surface area contributed by atoms with Crippen molar-refractivity contribution in [2.75, 3.05) is 6.54 Å². The molecule has 140 valence electrons. The third-order valence-electron chi connectivity index (χ3n) is 5.22. The number of carbonyl (C=O) groups is 2. The number of aromatic nitrogens is 2. The van der Waals surface area contributed by atoms with Crippen LogP contribution in [0.1, 0.15) is 67.2 Å². The molecule has 0 saturated heterocycles. The lowest BCUT2D eigenvalue weighted by molar-refractivity contribution is -0.143. The van der Waals surface area contributed by atoms with E-state index in [9.17, 15) is 9.59 Å². The summed E-state index contributed by atoms with van der Waals surface area (Å²) in [7, 11) is 0. The van der Waals surface area contributed by atoms with Crippen LogP contribution in [0.3, 0.4) is 0 Å². The number of nitrogens with zero attached hydrogens (tertiary/aromatic N) is 2. The number of fused-ring (bicyclic) bond motifs is 1. The summed E-state index contributed by atoms with van der Waals surface area (Å²) in [6, 6.07) is 1.81. The van der Waals surface area contributed by atoms with E-state index in [1.165, 1.54) is 0 Å². The molecule has 2 aromatic heterocycles. The lowest BCUT2D eigenvalue weighted by Crippen LogP contribution is -2.32. The maximum absolute atomic E-state index is 12.8. The second-order valence-corrected chi connectivity index (χ2v) is 7.46. The molecule has 0 radical (unpaired) electrons. The van der Waals surface area contributed by atoms with E-state index in [-0.39, 0.29) is 17.7 Å². The molecule has 0 bridgehead atoms. The zero-order chi connectivity index (χ0) is 18.8. The summed E-state index contributed by atoms with van der Waals surface area (Å²) in [6.45, 7) is 6.38. The minimum absolute atomic E-state index is 0.161. The number of pyridine rings is 1. The molecule has 1 aliphatic rings. The van der Waals surface area contributed by atoms with E-state index in [4.69, 9.17) is 9.63 Å². The molecular formula is C19H25N3O4. The summed E-state index contributed by atoms with van der Waals surface area (Å²) in [5.74, 6) is -0.625. The molecule has 1 aliphatic carbocycles. The molecule has 0 spiro atoms. The van der Waals surface area contributed by atoms with Crippen molar-refractivity contribution in [3.05, 3.63) is 23.0 Å². The molecule has 3 rings (SSSR count). The van der Waals surface area contributed by atoms with Gasteiger partial charge in [-0.1, -0.05) is 19.0 Å². The number of aliphatic carboxylic acids is 1. The quantitative estimate of drug-likeness (QED) is 0.849. The van der Waals surface area contributed by atoms with Crippen molar-refractivity contribution in [3.63, 3.8) is 0 Å². The molecule has 1 amide bonds. The average Bonchev–Trinajstić information content (AvgIpc) is 3.00. The second kappa shape index (κ2) is 7.43. The number of carboxylic acids is 1. The molecule has 1 fully saturated rings. The van der Waals surface area contributed by atoms with E-state index >= 15 is 0 Å². The van der Waals surface area contributed by atoms with Crippen molar-refractivity contribution in [1.82, 2.24) is 15.5 Å². The number of aryl methyl sites for hydroxylation is 1. The van der Waals surface area contributed by atoms with Crippen LogP contribution in [0.5, 0.6) is 0 Å². The van der Waals surface area contributed by atoms with Gasteiger partial charge in [-0.3, -0.25) is 9.59 Å². The zero-order valence-electron chi connectivity index (χ0n) is 15.4. The van der Waals surface area contributed by atoms with Gasteiger partial charge in [0.15, 0.2) is 0 Å². The minimum atomic E-state index is -0.712. The first-order valence-corrected chi connectivity index (χ1v) is 9.14. The molecule has 0 aromatic carbocycles. The van der Waals surface area contributed by atoms with Crippen molar-refractivity contribution in [2.24, 2.45) is 11.8 Å². The van der Waals surface area contributed by atoms with Gasteiger partial charge in [-0.25, -0.2) is 4.98 Å². The van der Waals surface area contributed by atoms with E-state index < -0.39 is 5.97 Å². The van der Waals surface area contributed by atoms with Crippen LogP contribution in [-0.4, -0.2) is 33.7 Å². The largest absolute Gasteiger partial charge is 0.481 e. The highest BCUT2D eigenvalue weighted by molar-refractivity contribution is 6.06. The van der Waals surface area contributed by atoms with Crippen LogP contribution < -0.4 is 5.32 Å². The number of nitrogens with one attached hydrogen (secondary N) is 1. The van der Waals surface area contributed by atoms with Gasteiger partial charge < -0.3 is 14.9 Å². The normalized spacial score (nSPS) is 20.5. The molecule has 0 unspecified atom stereocenters. The zero-order valence-corrected chi connectivity index (χ0v) is 15.4. The average molecular weight is 359 g/mol. The van der Waals surface area contributed by atoms with Crippen LogP contribution in [0.25, 0.3) is 11.1 Å². The van der Waals surface area contributed by atoms with Crippen LogP contribution in [0.4, 0.5) is 0 Å². The number of carbonyl (C=O) groups excluding carboxylic acids is 1. The molecule has 2 aromatic rings. The van der Waals surface area contributed by atoms with Gasteiger partial charge in [-0.2, -0.15) is 0 Å². The standard InChI is InChI=1S/C19H25N3O4/c1-10(2)15-8-14(16-11(3)22-26-18(16)21-15)17(23)20-9-12-4-6-13(7-5-12)19(24)25/h8,10,12-13H,4-7,9H2,1-3H3,(H,20,23)(H,24,25). The summed E-state index contributed by atoms with van der Waals surface area (Å²) in [5, 5.41) is 16.7. The summed E-state index contributed by atoms with van der Waals surface area (Å²) >= 11 is 0. The van der Waals surface area contributed by atoms with Crippen LogP contribution in [-0.2, 0) is 4.79 Å². The summed E-state index contributed by atoms with van der Waals surface area (Å²) in [5.41, 5.74) is 2.37. The summed E-state index contributed by atoms with van der Waals surface area (Å²) < 4.78 is 5.26. The first-order chi connectivity index (χ1) is 12.4. The van der Waals surface area contributed by atoms with Gasteiger partial charge in [0.2, 0.25) is 0 Å². The van der Waals surface area contributed by atoms with E-state index in [0.717, 1.165) is 18.5 Å². The number of hydrogen-bond donors (Lipinski definition) is 2. The maximum Gasteiger partial charge on any atom is 0.306 e. The van der Waals surface area contributed by atoms with E-state index in [2.05, 4.69) is 15.5 Å². The van der Waals surface area contributed by atoms with Crippen LogP contribution >= 0.6 is 0 Å². The highest BCUT2D eigenvalue weighted by Gasteiger charge is 2.26. The summed E-state index contributed by atoms with van der Waals surface area (Å²) in [4.78, 5) is 28.3. The Balaban J connectivity index is 1.72.